The van der Waals surface area contributed by atoms with Gasteiger partial charge in [0, 0.05) is 11.6 Å². The summed E-state index contributed by atoms with van der Waals surface area (Å²) in [5.41, 5.74) is 2.44. The van der Waals surface area contributed by atoms with Gasteiger partial charge in [-0.1, -0.05) is 6.07 Å². The molecule has 0 aliphatic heterocycles. The van der Waals surface area contributed by atoms with Crippen LogP contribution in [0.1, 0.15) is 21.5 Å². The maximum Gasteiger partial charge on any atom is 0.337 e. The standard InChI is InChI=1S/C18H15N3O4S/c1-11-3-8-15(17-16(11)13(9-19)10-20-17)21-26(23,24)14-6-4-12(5-7-14)18(22)25-2/h3-8,10,20-21H,1-2H3. The molecule has 1 aromatic heterocycles. The number of aromatic nitrogens is 1. The van der Waals surface area contributed by atoms with E-state index >= 15 is 0 Å². The number of anilines is 1. The summed E-state index contributed by atoms with van der Waals surface area (Å²) in [6, 6.07) is 10.9. The first-order valence-corrected chi connectivity index (χ1v) is 9.07. The number of H-pyrrole nitrogens is 1. The fraction of sp³-hybridized carbons (Fsp3) is 0.111. The molecule has 0 atom stereocenters. The van der Waals surface area contributed by atoms with Crippen LogP contribution in [0.15, 0.2) is 47.5 Å². The predicted molar refractivity (Wildman–Crippen MR) is 96.3 cm³/mol. The summed E-state index contributed by atoms with van der Waals surface area (Å²) in [7, 11) is -2.62. The number of carbonyl (C=O) groups excluding carboxylic acids is 1. The molecule has 8 heteroatoms. The third-order valence-electron chi connectivity index (χ3n) is 3.99. The van der Waals surface area contributed by atoms with E-state index in [4.69, 9.17) is 0 Å². The van der Waals surface area contributed by atoms with Gasteiger partial charge in [-0.25, -0.2) is 13.2 Å². The van der Waals surface area contributed by atoms with Crippen LogP contribution in [-0.4, -0.2) is 26.5 Å². The van der Waals surface area contributed by atoms with Crippen LogP contribution in [0.2, 0.25) is 0 Å². The van der Waals surface area contributed by atoms with Crippen LogP contribution in [0.25, 0.3) is 10.9 Å². The van der Waals surface area contributed by atoms with E-state index in [0.29, 0.717) is 22.2 Å². The largest absolute Gasteiger partial charge is 0.465 e. The van der Waals surface area contributed by atoms with Crippen LogP contribution in [0.4, 0.5) is 5.69 Å². The second-order valence-corrected chi connectivity index (χ2v) is 7.30. The van der Waals surface area contributed by atoms with Gasteiger partial charge in [0.2, 0.25) is 0 Å². The molecule has 132 valence electrons. The third kappa shape index (κ3) is 3.00. The predicted octanol–water partition coefficient (Wildman–Crippen LogP) is 2.94. The van der Waals surface area contributed by atoms with Gasteiger partial charge in [0.1, 0.15) is 6.07 Å². The van der Waals surface area contributed by atoms with E-state index in [0.717, 1.165) is 5.56 Å². The molecule has 0 unspecified atom stereocenters. The molecule has 0 aliphatic rings. The van der Waals surface area contributed by atoms with Crippen molar-refractivity contribution in [3.8, 4) is 6.07 Å². The van der Waals surface area contributed by atoms with E-state index in [-0.39, 0.29) is 10.5 Å². The molecule has 2 N–H and O–H groups in total. The summed E-state index contributed by atoms with van der Waals surface area (Å²) >= 11 is 0. The van der Waals surface area contributed by atoms with Crippen LogP contribution >= 0.6 is 0 Å². The lowest BCUT2D eigenvalue weighted by Crippen LogP contribution is -2.13. The van der Waals surface area contributed by atoms with E-state index in [1.54, 1.807) is 18.3 Å². The minimum atomic E-state index is -3.87. The van der Waals surface area contributed by atoms with Crippen molar-refractivity contribution in [2.75, 3.05) is 11.8 Å². The summed E-state index contributed by atoms with van der Waals surface area (Å²) in [6.07, 6.45) is 1.54. The number of nitriles is 1. The van der Waals surface area contributed by atoms with Gasteiger partial charge >= 0.3 is 5.97 Å². The van der Waals surface area contributed by atoms with E-state index < -0.39 is 16.0 Å². The van der Waals surface area contributed by atoms with Gasteiger partial charge < -0.3 is 9.72 Å². The minimum Gasteiger partial charge on any atom is -0.465 e. The molecule has 0 radical (unpaired) electrons. The first-order chi connectivity index (χ1) is 12.4. The molecule has 0 aliphatic carbocycles. The Morgan fingerprint density at radius 3 is 2.50 bits per heavy atom. The lowest BCUT2D eigenvalue weighted by Gasteiger charge is -2.10. The molecule has 0 saturated carbocycles. The number of hydrogen-bond acceptors (Lipinski definition) is 5. The molecule has 0 amide bonds. The monoisotopic (exact) mass is 369 g/mol. The Labute approximate surface area is 150 Å². The highest BCUT2D eigenvalue weighted by molar-refractivity contribution is 7.92. The molecule has 0 bridgehead atoms. The minimum absolute atomic E-state index is 0.00550. The van der Waals surface area contributed by atoms with Gasteiger partial charge in [-0.3, -0.25) is 4.72 Å². The Bertz CT molecular complexity index is 1140. The van der Waals surface area contributed by atoms with E-state index in [1.807, 2.05) is 6.92 Å². The Balaban J connectivity index is 1.99. The Hall–Kier alpha value is -3.31. The van der Waals surface area contributed by atoms with Crippen LogP contribution < -0.4 is 4.72 Å². The second-order valence-electron chi connectivity index (χ2n) is 5.62. The van der Waals surface area contributed by atoms with Gasteiger partial charge in [-0.05, 0) is 42.8 Å². The molecule has 0 fully saturated rings. The Kier molecular flexibility index (Phi) is 4.40. The SMILES string of the molecule is COC(=O)c1ccc(S(=O)(=O)Nc2ccc(C)c3c(C#N)c[nH]c23)cc1. The van der Waals surface area contributed by atoms with Crippen molar-refractivity contribution in [2.24, 2.45) is 0 Å². The topological polar surface area (TPSA) is 112 Å². The van der Waals surface area contributed by atoms with Gasteiger partial charge in [-0.15, -0.1) is 0 Å². The molecular weight excluding hydrogens is 354 g/mol. The number of methoxy groups -OCH3 is 1. The van der Waals surface area contributed by atoms with Crippen molar-refractivity contribution in [3.05, 3.63) is 59.3 Å². The van der Waals surface area contributed by atoms with Gasteiger partial charge in [0.25, 0.3) is 10.0 Å². The van der Waals surface area contributed by atoms with Gasteiger partial charge in [0.05, 0.1) is 34.3 Å². The summed E-state index contributed by atoms with van der Waals surface area (Å²) in [5.74, 6) is -0.544. The highest BCUT2D eigenvalue weighted by Gasteiger charge is 2.18. The lowest BCUT2D eigenvalue weighted by molar-refractivity contribution is 0.0600. The van der Waals surface area contributed by atoms with Crippen molar-refractivity contribution in [2.45, 2.75) is 11.8 Å². The van der Waals surface area contributed by atoms with Crippen LogP contribution in [-0.2, 0) is 14.8 Å². The number of sulfonamides is 1. The van der Waals surface area contributed by atoms with Crippen molar-refractivity contribution in [1.29, 1.82) is 5.26 Å². The van der Waals surface area contributed by atoms with Gasteiger partial charge in [-0.2, -0.15) is 5.26 Å². The molecule has 3 rings (SSSR count). The Morgan fingerprint density at radius 2 is 1.88 bits per heavy atom. The number of rotatable bonds is 4. The number of fused-ring (bicyclic) bond motifs is 1. The molecule has 0 spiro atoms. The molecule has 3 aromatic rings. The smallest absolute Gasteiger partial charge is 0.337 e. The third-order valence-corrected chi connectivity index (χ3v) is 5.38. The van der Waals surface area contributed by atoms with Crippen molar-refractivity contribution >= 4 is 32.6 Å². The number of hydrogen-bond donors (Lipinski definition) is 2. The zero-order valence-corrected chi connectivity index (χ0v) is 14.8. The number of ether oxygens (including phenoxy) is 1. The lowest BCUT2D eigenvalue weighted by atomic mass is 10.1. The normalized spacial score (nSPS) is 11.1. The van der Waals surface area contributed by atoms with Gasteiger partial charge in [0.15, 0.2) is 0 Å². The molecule has 7 nitrogen and oxygen atoms in total. The average Bonchev–Trinajstić information content (AvgIpc) is 3.09. The summed E-state index contributed by atoms with van der Waals surface area (Å²) in [6.45, 7) is 1.85. The van der Waals surface area contributed by atoms with Crippen molar-refractivity contribution in [3.63, 3.8) is 0 Å². The number of carbonyl (C=O) groups is 1. The van der Waals surface area contributed by atoms with Crippen molar-refractivity contribution < 1.29 is 17.9 Å². The number of aromatic amines is 1. The first-order valence-electron chi connectivity index (χ1n) is 7.59. The molecule has 2 aromatic carbocycles. The van der Waals surface area contributed by atoms with Crippen LogP contribution in [0.3, 0.4) is 0 Å². The molecule has 0 saturated heterocycles. The van der Waals surface area contributed by atoms with Crippen molar-refractivity contribution in [1.82, 2.24) is 4.98 Å². The summed E-state index contributed by atoms with van der Waals surface area (Å²) in [5, 5.41) is 9.87. The number of nitrogens with one attached hydrogen (secondary N) is 2. The number of aryl methyl sites for hydroxylation is 1. The van der Waals surface area contributed by atoms with E-state index in [1.165, 1.54) is 31.4 Å². The molecule has 1 heterocycles. The summed E-state index contributed by atoms with van der Waals surface area (Å²) < 4.78 is 32.4. The first kappa shape index (κ1) is 17.5. The fourth-order valence-corrected chi connectivity index (χ4v) is 3.76. The van der Waals surface area contributed by atoms with Crippen LogP contribution in [0.5, 0.6) is 0 Å². The van der Waals surface area contributed by atoms with E-state index in [9.17, 15) is 18.5 Å². The zero-order chi connectivity index (χ0) is 18.9. The maximum atomic E-state index is 12.7. The molecule has 26 heavy (non-hydrogen) atoms. The number of benzene rings is 2. The zero-order valence-electron chi connectivity index (χ0n) is 14.0. The summed E-state index contributed by atoms with van der Waals surface area (Å²) in [4.78, 5) is 14.4. The quantitative estimate of drug-likeness (QED) is 0.687. The highest BCUT2D eigenvalue weighted by Crippen LogP contribution is 2.30. The Morgan fingerprint density at radius 1 is 1.19 bits per heavy atom. The van der Waals surface area contributed by atoms with Crippen LogP contribution in [0, 0.1) is 18.3 Å². The highest BCUT2D eigenvalue weighted by atomic mass is 32.2. The average molecular weight is 369 g/mol. The maximum absolute atomic E-state index is 12.7. The second kappa shape index (κ2) is 6.54. The van der Waals surface area contributed by atoms with E-state index in [2.05, 4.69) is 20.5 Å². The number of nitrogens with zero attached hydrogens (tertiary/aromatic N) is 1. The fourth-order valence-electron chi connectivity index (χ4n) is 2.69. The number of esters is 1. The molecular formula is C18H15N3O4S.